The van der Waals surface area contributed by atoms with Gasteiger partial charge in [-0.1, -0.05) is 29.8 Å². The van der Waals surface area contributed by atoms with Gasteiger partial charge >= 0.3 is 5.97 Å². The fourth-order valence-corrected chi connectivity index (χ4v) is 1.44. The van der Waals surface area contributed by atoms with E-state index in [4.69, 9.17) is 0 Å². The summed E-state index contributed by atoms with van der Waals surface area (Å²) in [4.78, 5) is 15.0. The van der Waals surface area contributed by atoms with Gasteiger partial charge in [-0.25, -0.2) is 14.5 Å². The highest BCUT2D eigenvalue weighted by molar-refractivity contribution is 5.84. The van der Waals surface area contributed by atoms with Crippen LogP contribution in [0, 0.1) is 6.92 Å². The minimum absolute atomic E-state index is 0.0830. The normalized spacial score (nSPS) is 10.2. The fraction of sp³-hybridized carbons (Fsp3) is 0.250. The smallest absolute Gasteiger partial charge is 0.377 e. The molecule has 1 heterocycles. The van der Waals surface area contributed by atoms with Gasteiger partial charge in [-0.05, 0) is 12.5 Å². The van der Waals surface area contributed by atoms with Gasteiger partial charge < -0.3 is 4.74 Å². The molecule has 0 N–H and O–H groups in total. The molecule has 1 aromatic carbocycles. The zero-order valence-corrected chi connectivity index (χ0v) is 9.75. The summed E-state index contributed by atoms with van der Waals surface area (Å²) in [5.74, 6) is -0.438. The Labute approximate surface area is 99.1 Å². The van der Waals surface area contributed by atoms with Crippen LogP contribution >= 0.6 is 0 Å². The van der Waals surface area contributed by atoms with Gasteiger partial charge in [0.2, 0.25) is 0 Å². The molecule has 5 nitrogen and oxygen atoms in total. The molecule has 0 aliphatic heterocycles. The van der Waals surface area contributed by atoms with Gasteiger partial charge in [-0.3, -0.25) is 0 Å². The maximum atomic E-state index is 11.2. The number of benzene rings is 1. The molecular formula is C12H13N3O2. The van der Waals surface area contributed by atoms with Crippen LogP contribution in [0.3, 0.4) is 0 Å². The van der Waals surface area contributed by atoms with Gasteiger partial charge in [0.05, 0.1) is 13.7 Å². The predicted molar refractivity (Wildman–Crippen MR) is 61.6 cm³/mol. The average molecular weight is 231 g/mol. The Bertz CT molecular complexity index is 517. The standard InChI is InChI=1S/C12H13N3O2/c1-9-3-5-10(6-4-9)7-15-8-13-11(14-15)12(16)17-2/h3-6,8H,7H2,1-2H3. The molecule has 0 unspecified atom stereocenters. The van der Waals surface area contributed by atoms with E-state index in [1.165, 1.54) is 19.0 Å². The zero-order valence-electron chi connectivity index (χ0n) is 9.75. The molecular weight excluding hydrogens is 218 g/mol. The molecule has 1 aromatic heterocycles. The molecule has 2 aromatic rings. The summed E-state index contributed by atoms with van der Waals surface area (Å²) in [6, 6.07) is 8.12. The molecule has 0 atom stereocenters. The quantitative estimate of drug-likeness (QED) is 0.750. The van der Waals surface area contributed by atoms with Gasteiger partial charge in [0.15, 0.2) is 0 Å². The van der Waals surface area contributed by atoms with Crippen LogP contribution in [-0.2, 0) is 11.3 Å². The zero-order chi connectivity index (χ0) is 12.3. The number of aryl methyl sites for hydroxylation is 1. The fourth-order valence-electron chi connectivity index (χ4n) is 1.44. The van der Waals surface area contributed by atoms with Crippen molar-refractivity contribution < 1.29 is 9.53 Å². The van der Waals surface area contributed by atoms with Crippen molar-refractivity contribution in [1.82, 2.24) is 14.8 Å². The lowest BCUT2D eigenvalue weighted by Crippen LogP contribution is -2.06. The third-order valence-electron chi connectivity index (χ3n) is 2.37. The van der Waals surface area contributed by atoms with Crippen molar-refractivity contribution in [2.75, 3.05) is 7.11 Å². The molecule has 0 radical (unpaired) electrons. The molecule has 0 amide bonds. The molecule has 0 saturated heterocycles. The second kappa shape index (κ2) is 4.78. The van der Waals surface area contributed by atoms with Crippen LogP contribution in [-0.4, -0.2) is 27.8 Å². The molecule has 17 heavy (non-hydrogen) atoms. The van der Waals surface area contributed by atoms with E-state index in [0.29, 0.717) is 6.54 Å². The van der Waals surface area contributed by atoms with Crippen molar-refractivity contribution >= 4 is 5.97 Å². The van der Waals surface area contributed by atoms with Gasteiger partial charge in [-0.2, -0.15) is 0 Å². The van der Waals surface area contributed by atoms with Crippen molar-refractivity contribution in [3.8, 4) is 0 Å². The number of carbonyl (C=O) groups excluding carboxylic acids is 1. The number of rotatable bonds is 3. The molecule has 0 aliphatic carbocycles. The molecule has 5 heteroatoms. The van der Waals surface area contributed by atoms with Crippen LogP contribution in [0.2, 0.25) is 0 Å². The summed E-state index contributed by atoms with van der Waals surface area (Å²) < 4.78 is 6.15. The summed E-state index contributed by atoms with van der Waals surface area (Å²) in [5, 5.41) is 4.03. The van der Waals surface area contributed by atoms with E-state index in [0.717, 1.165) is 5.56 Å². The number of methoxy groups -OCH3 is 1. The predicted octanol–water partition coefficient (Wildman–Crippen LogP) is 1.42. The van der Waals surface area contributed by atoms with E-state index in [2.05, 4.69) is 14.8 Å². The van der Waals surface area contributed by atoms with Crippen LogP contribution in [0.4, 0.5) is 0 Å². The number of hydrogen-bond acceptors (Lipinski definition) is 4. The number of hydrogen-bond donors (Lipinski definition) is 0. The second-order valence-electron chi connectivity index (χ2n) is 3.74. The molecule has 88 valence electrons. The minimum Gasteiger partial charge on any atom is -0.463 e. The first-order valence-corrected chi connectivity index (χ1v) is 5.22. The van der Waals surface area contributed by atoms with Crippen molar-refractivity contribution in [2.24, 2.45) is 0 Å². The van der Waals surface area contributed by atoms with E-state index in [1.807, 2.05) is 31.2 Å². The van der Waals surface area contributed by atoms with Gasteiger partial charge in [0.1, 0.15) is 6.33 Å². The van der Waals surface area contributed by atoms with E-state index in [-0.39, 0.29) is 5.82 Å². The van der Waals surface area contributed by atoms with Crippen molar-refractivity contribution in [3.05, 3.63) is 47.5 Å². The Kier molecular flexibility index (Phi) is 3.18. The molecule has 0 spiro atoms. The van der Waals surface area contributed by atoms with Crippen LogP contribution in [0.5, 0.6) is 0 Å². The third-order valence-corrected chi connectivity index (χ3v) is 2.37. The Morgan fingerprint density at radius 2 is 2.06 bits per heavy atom. The first-order valence-electron chi connectivity index (χ1n) is 5.22. The van der Waals surface area contributed by atoms with Crippen LogP contribution in [0.25, 0.3) is 0 Å². The lowest BCUT2D eigenvalue weighted by molar-refractivity contribution is 0.0586. The minimum atomic E-state index is -0.521. The third kappa shape index (κ3) is 2.69. The first kappa shape index (κ1) is 11.3. The summed E-state index contributed by atoms with van der Waals surface area (Å²) in [7, 11) is 1.31. The van der Waals surface area contributed by atoms with Gasteiger partial charge in [0, 0.05) is 0 Å². The summed E-state index contributed by atoms with van der Waals surface area (Å²) in [6.07, 6.45) is 1.52. The summed E-state index contributed by atoms with van der Waals surface area (Å²) in [5.41, 5.74) is 2.32. The van der Waals surface area contributed by atoms with Crippen molar-refractivity contribution in [1.29, 1.82) is 0 Å². The molecule has 2 rings (SSSR count). The van der Waals surface area contributed by atoms with Crippen molar-refractivity contribution in [3.63, 3.8) is 0 Å². The summed E-state index contributed by atoms with van der Waals surface area (Å²) >= 11 is 0. The highest BCUT2D eigenvalue weighted by atomic mass is 16.5. The maximum Gasteiger partial charge on any atom is 0.377 e. The van der Waals surface area contributed by atoms with E-state index >= 15 is 0 Å². The van der Waals surface area contributed by atoms with Gasteiger partial charge in [0.25, 0.3) is 5.82 Å². The van der Waals surface area contributed by atoms with Crippen LogP contribution in [0.15, 0.2) is 30.6 Å². The number of aromatic nitrogens is 3. The Morgan fingerprint density at radius 1 is 1.35 bits per heavy atom. The molecule has 0 aliphatic rings. The monoisotopic (exact) mass is 231 g/mol. The number of ether oxygens (including phenoxy) is 1. The lowest BCUT2D eigenvalue weighted by Gasteiger charge is -2.01. The van der Waals surface area contributed by atoms with E-state index < -0.39 is 5.97 Å². The second-order valence-corrected chi connectivity index (χ2v) is 3.74. The summed E-state index contributed by atoms with van der Waals surface area (Å²) in [6.45, 7) is 2.62. The number of esters is 1. The first-order chi connectivity index (χ1) is 8.19. The van der Waals surface area contributed by atoms with Crippen molar-refractivity contribution in [2.45, 2.75) is 13.5 Å². The number of carbonyl (C=O) groups is 1. The Hall–Kier alpha value is -2.17. The maximum absolute atomic E-state index is 11.2. The van der Waals surface area contributed by atoms with Gasteiger partial charge in [-0.15, -0.1) is 5.10 Å². The molecule has 0 fully saturated rings. The average Bonchev–Trinajstić information content (AvgIpc) is 2.80. The SMILES string of the molecule is COC(=O)c1ncn(Cc2ccc(C)cc2)n1. The van der Waals surface area contributed by atoms with E-state index in [9.17, 15) is 4.79 Å². The molecule has 0 bridgehead atoms. The Balaban J connectivity index is 2.11. The largest absolute Gasteiger partial charge is 0.463 e. The highest BCUT2D eigenvalue weighted by Crippen LogP contribution is 2.05. The Morgan fingerprint density at radius 3 is 2.71 bits per heavy atom. The number of nitrogens with zero attached hydrogens (tertiary/aromatic N) is 3. The molecule has 0 saturated carbocycles. The topological polar surface area (TPSA) is 57.0 Å². The van der Waals surface area contributed by atoms with Crippen LogP contribution < -0.4 is 0 Å². The highest BCUT2D eigenvalue weighted by Gasteiger charge is 2.10. The lowest BCUT2D eigenvalue weighted by atomic mass is 10.1. The van der Waals surface area contributed by atoms with Crippen LogP contribution in [0.1, 0.15) is 21.7 Å². The van der Waals surface area contributed by atoms with E-state index in [1.54, 1.807) is 4.68 Å².